The van der Waals surface area contributed by atoms with Crippen molar-refractivity contribution in [2.75, 3.05) is 6.26 Å². The number of pyridine rings is 1. The molecule has 0 aliphatic rings. The Morgan fingerprint density at radius 3 is 2.67 bits per heavy atom. The van der Waals surface area contributed by atoms with Gasteiger partial charge in [-0.3, -0.25) is 4.79 Å². The summed E-state index contributed by atoms with van der Waals surface area (Å²) in [5.41, 5.74) is 1.72. The molecule has 2 heterocycles. The van der Waals surface area contributed by atoms with Gasteiger partial charge in [-0.25, -0.2) is 4.98 Å². The van der Waals surface area contributed by atoms with Gasteiger partial charge in [-0.15, -0.1) is 11.8 Å². The molecule has 1 amide bonds. The number of hydrogen-bond acceptors (Lipinski definition) is 4. The molecule has 0 unspecified atom stereocenters. The molecule has 0 fully saturated rings. The molecule has 0 spiro atoms. The first kappa shape index (κ1) is 16.3. The molecule has 3 aromatic rings. The van der Waals surface area contributed by atoms with Gasteiger partial charge in [-0.1, -0.05) is 30.3 Å². The van der Waals surface area contributed by atoms with Crippen LogP contribution in [0.5, 0.6) is 0 Å². The standard InChI is InChI=1S/C19H18N2O2S/c1-24-18-12-16(9-10-20-18)19(22)21(14-17-8-5-11-23-17)13-15-6-3-2-4-7-15/h2-12H,13-14H2,1H3. The van der Waals surface area contributed by atoms with Crippen LogP contribution in [0.4, 0.5) is 0 Å². The zero-order valence-electron chi connectivity index (χ0n) is 13.4. The van der Waals surface area contributed by atoms with E-state index in [2.05, 4.69) is 4.98 Å². The number of aromatic nitrogens is 1. The van der Waals surface area contributed by atoms with E-state index in [0.29, 0.717) is 18.7 Å². The van der Waals surface area contributed by atoms with Gasteiger partial charge in [0.25, 0.3) is 5.91 Å². The van der Waals surface area contributed by atoms with Crippen molar-refractivity contribution in [3.8, 4) is 0 Å². The highest BCUT2D eigenvalue weighted by Crippen LogP contribution is 2.17. The Bertz CT molecular complexity index is 788. The molecule has 0 N–H and O–H groups in total. The first-order valence-electron chi connectivity index (χ1n) is 7.62. The van der Waals surface area contributed by atoms with E-state index in [4.69, 9.17) is 4.42 Å². The van der Waals surface area contributed by atoms with Gasteiger partial charge in [0.15, 0.2) is 0 Å². The van der Waals surface area contributed by atoms with E-state index in [1.165, 1.54) is 11.8 Å². The molecular formula is C19H18N2O2S. The number of rotatable bonds is 6. The lowest BCUT2D eigenvalue weighted by atomic mass is 10.1. The van der Waals surface area contributed by atoms with Gasteiger partial charge >= 0.3 is 0 Å². The number of carbonyl (C=O) groups is 1. The maximum absolute atomic E-state index is 13.0. The quantitative estimate of drug-likeness (QED) is 0.631. The normalized spacial score (nSPS) is 10.5. The fourth-order valence-electron chi connectivity index (χ4n) is 2.43. The van der Waals surface area contributed by atoms with Crippen molar-refractivity contribution >= 4 is 17.7 Å². The maximum Gasteiger partial charge on any atom is 0.254 e. The lowest BCUT2D eigenvalue weighted by Crippen LogP contribution is -2.30. The van der Waals surface area contributed by atoms with Crippen LogP contribution in [0, 0.1) is 0 Å². The lowest BCUT2D eigenvalue weighted by Gasteiger charge is -2.22. The lowest BCUT2D eigenvalue weighted by molar-refractivity contribution is 0.0717. The average Bonchev–Trinajstić information content (AvgIpc) is 3.14. The van der Waals surface area contributed by atoms with Crippen molar-refractivity contribution in [2.45, 2.75) is 18.1 Å². The third-order valence-electron chi connectivity index (χ3n) is 3.62. The predicted octanol–water partition coefficient (Wildman–Crippen LogP) is 4.24. The molecule has 0 radical (unpaired) electrons. The Morgan fingerprint density at radius 1 is 1.12 bits per heavy atom. The van der Waals surface area contributed by atoms with Gasteiger partial charge in [-0.05, 0) is 36.1 Å². The summed E-state index contributed by atoms with van der Waals surface area (Å²) in [6, 6.07) is 17.2. The number of benzene rings is 1. The van der Waals surface area contributed by atoms with Crippen LogP contribution >= 0.6 is 11.8 Å². The van der Waals surface area contributed by atoms with Crippen molar-refractivity contribution in [1.29, 1.82) is 0 Å². The van der Waals surface area contributed by atoms with Crippen molar-refractivity contribution in [3.63, 3.8) is 0 Å². The molecule has 0 saturated carbocycles. The molecule has 1 aromatic carbocycles. The van der Waals surface area contributed by atoms with Crippen molar-refractivity contribution in [2.24, 2.45) is 0 Å². The number of thioether (sulfide) groups is 1. The van der Waals surface area contributed by atoms with E-state index in [-0.39, 0.29) is 5.91 Å². The van der Waals surface area contributed by atoms with E-state index >= 15 is 0 Å². The summed E-state index contributed by atoms with van der Waals surface area (Å²) in [7, 11) is 0. The third-order valence-corrected chi connectivity index (χ3v) is 4.26. The highest BCUT2D eigenvalue weighted by Gasteiger charge is 2.18. The summed E-state index contributed by atoms with van der Waals surface area (Å²) in [4.78, 5) is 19.0. The third kappa shape index (κ3) is 4.06. The summed E-state index contributed by atoms with van der Waals surface area (Å²) < 4.78 is 5.42. The number of furan rings is 1. The van der Waals surface area contributed by atoms with Gasteiger partial charge in [0.2, 0.25) is 0 Å². The summed E-state index contributed by atoms with van der Waals surface area (Å²) in [5.74, 6) is 0.728. The topological polar surface area (TPSA) is 46.3 Å². The Kier molecular flexibility index (Phi) is 5.33. The van der Waals surface area contributed by atoms with Crippen LogP contribution < -0.4 is 0 Å². The van der Waals surface area contributed by atoms with Crippen molar-refractivity contribution in [3.05, 3.63) is 83.9 Å². The smallest absolute Gasteiger partial charge is 0.254 e. The zero-order chi connectivity index (χ0) is 16.8. The monoisotopic (exact) mass is 338 g/mol. The summed E-state index contributed by atoms with van der Waals surface area (Å²) >= 11 is 1.52. The highest BCUT2D eigenvalue weighted by molar-refractivity contribution is 7.98. The number of hydrogen-bond donors (Lipinski definition) is 0. The molecule has 0 aliphatic carbocycles. The molecule has 0 aliphatic heterocycles. The molecule has 0 saturated heterocycles. The fraction of sp³-hybridized carbons (Fsp3) is 0.158. The minimum Gasteiger partial charge on any atom is -0.467 e. The fourth-order valence-corrected chi connectivity index (χ4v) is 2.84. The highest BCUT2D eigenvalue weighted by atomic mass is 32.2. The molecule has 24 heavy (non-hydrogen) atoms. The summed E-state index contributed by atoms with van der Waals surface area (Å²) in [6.45, 7) is 0.953. The Hall–Kier alpha value is -2.53. The molecule has 0 atom stereocenters. The van der Waals surface area contributed by atoms with Crippen molar-refractivity contribution in [1.82, 2.24) is 9.88 Å². The molecular weight excluding hydrogens is 320 g/mol. The van der Waals surface area contributed by atoms with Crippen LogP contribution in [0.2, 0.25) is 0 Å². The van der Waals surface area contributed by atoms with Gasteiger partial charge in [0.1, 0.15) is 5.76 Å². The van der Waals surface area contributed by atoms with Gasteiger partial charge in [0.05, 0.1) is 17.8 Å². The summed E-state index contributed by atoms with van der Waals surface area (Å²) in [5, 5.41) is 0.832. The van der Waals surface area contributed by atoms with Crippen LogP contribution in [0.1, 0.15) is 21.7 Å². The van der Waals surface area contributed by atoms with Crippen LogP contribution in [0.25, 0.3) is 0 Å². The second-order valence-corrected chi connectivity index (χ2v) is 6.14. The van der Waals surface area contributed by atoms with E-state index < -0.39 is 0 Å². The van der Waals surface area contributed by atoms with Crippen LogP contribution in [-0.4, -0.2) is 22.0 Å². The molecule has 0 bridgehead atoms. The molecule has 2 aromatic heterocycles. The zero-order valence-corrected chi connectivity index (χ0v) is 14.2. The number of carbonyl (C=O) groups excluding carboxylic acids is 1. The average molecular weight is 338 g/mol. The molecule has 4 nitrogen and oxygen atoms in total. The summed E-state index contributed by atoms with van der Waals surface area (Å²) in [6.07, 6.45) is 5.24. The second-order valence-electron chi connectivity index (χ2n) is 5.31. The maximum atomic E-state index is 13.0. The minimum atomic E-state index is -0.0343. The number of amides is 1. The minimum absolute atomic E-state index is 0.0343. The van der Waals surface area contributed by atoms with Gasteiger partial charge < -0.3 is 9.32 Å². The van der Waals surface area contributed by atoms with Crippen LogP contribution in [0.3, 0.4) is 0 Å². The first-order valence-corrected chi connectivity index (χ1v) is 8.84. The second kappa shape index (κ2) is 7.84. The Morgan fingerprint density at radius 2 is 1.96 bits per heavy atom. The predicted molar refractivity (Wildman–Crippen MR) is 94.7 cm³/mol. The molecule has 122 valence electrons. The Balaban J connectivity index is 1.86. The van der Waals surface area contributed by atoms with Gasteiger partial charge in [0, 0.05) is 18.3 Å². The van der Waals surface area contributed by atoms with Crippen molar-refractivity contribution < 1.29 is 9.21 Å². The Labute approximate surface area is 145 Å². The number of nitrogens with zero attached hydrogens (tertiary/aromatic N) is 2. The first-order chi connectivity index (χ1) is 11.8. The van der Waals surface area contributed by atoms with E-state index in [9.17, 15) is 4.79 Å². The molecule has 5 heteroatoms. The molecule has 3 rings (SSSR count). The van der Waals surface area contributed by atoms with Crippen LogP contribution in [-0.2, 0) is 13.1 Å². The largest absolute Gasteiger partial charge is 0.467 e. The van der Waals surface area contributed by atoms with Gasteiger partial charge in [-0.2, -0.15) is 0 Å². The van der Waals surface area contributed by atoms with E-state index in [1.807, 2.05) is 54.8 Å². The SMILES string of the molecule is CSc1cc(C(=O)N(Cc2ccccc2)Cc2ccco2)ccn1. The van der Waals surface area contributed by atoms with Crippen LogP contribution in [0.15, 0.2) is 76.5 Å². The van der Waals surface area contributed by atoms with E-state index in [1.54, 1.807) is 23.4 Å². The van der Waals surface area contributed by atoms with E-state index in [0.717, 1.165) is 16.3 Å².